The molecule has 0 saturated carbocycles. The fourth-order valence-corrected chi connectivity index (χ4v) is 2.04. The van der Waals surface area contributed by atoms with Gasteiger partial charge in [-0.1, -0.05) is 13.3 Å². The van der Waals surface area contributed by atoms with Crippen molar-refractivity contribution in [2.24, 2.45) is 0 Å². The summed E-state index contributed by atoms with van der Waals surface area (Å²) in [5.41, 5.74) is 7.98. The molecule has 0 radical (unpaired) electrons. The van der Waals surface area contributed by atoms with Crippen LogP contribution in [0.2, 0.25) is 0 Å². The van der Waals surface area contributed by atoms with E-state index in [0.717, 1.165) is 18.5 Å². The molecular weight excluding hydrogens is 212 g/mol. The van der Waals surface area contributed by atoms with Crippen molar-refractivity contribution in [1.29, 1.82) is 0 Å². The number of hydrogen-bond acceptors (Lipinski definition) is 3. The quantitative estimate of drug-likeness (QED) is 0.606. The van der Waals surface area contributed by atoms with Crippen molar-refractivity contribution in [3.8, 4) is 0 Å². The van der Waals surface area contributed by atoms with Crippen molar-refractivity contribution >= 4 is 17.2 Å². The lowest BCUT2D eigenvalue weighted by Gasteiger charge is -2.27. The molecule has 0 atom stereocenters. The molecule has 0 fully saturated rings. The summed E-state index contributed by atoms with van der Waals surface area (Å²) in [7, 11) is 0. The molecule has 0 saturated heterocycles. The van der Waals surface area contributed by atoms with Gasteiger partial charge in [0.2, 0.25) is 0 Å². The molecule has 0 aliphatic rings. The van der Waals surface area contributed by atoms with Gasteiger partial charge in [0.05, 0.1) is 0 Å². The summed E-state index contributed by atoms with van der Waals surface area (Å²) in [6.07, 6.45) is 2.21. The number of hydrogen-bond donors (Lipinski definition) is 2. The summed E-state index contributed by atoms with van der Waals surface area (Å²) in [5, 5.41) is 3.43. The molecular formula is C14H22N2O. The number of nitrogens with one attached hydrogen (secondary N) is 1. The largest absolute Gasteiger partial charge is 0.398 e. The minimum absolute atomic E-state index is 0.00173. The molecule has 3 heteroatoms. The first-order chi connectivity index (χ1) is 7.85. The predicted molar refractivity (Wildman–Crippen MR) is 73.5 cm³/mol. The van der Waals surface area contributed by atoms with Crippen LogP contribution < -0.4 is 11.1 Å². The number of nitrogens with two attached hydrogens (primary N) is 1. The van der Waals surface area contributed by atoms with Gasteiger partial charge < -0.3 is 11.1 Å². The lowest BCUT2D eigenvalue weighted by molar-refractivity contribution is 0.101. The highest BCUT2D eigenvalue weighted by Crippen LogP contribution is 2.23. The second-order valence-corrected chi connectivity index (χ2v) is 5.12. The summed E-state index contributed by atoms with van der Waals surface area (Å²) in [6, 6.07) is 5.51. The lowest BCUT2D eigenvalue weighted by Crippen LogP contribution is -2.30. The van der Waals surface area contributed by atoms with Crippen LogP contribution in [-0.4, -0.2) is 11.3 Å². The predicted octanol–water partition coefficient (Wildman–Crippen LogP) is 3.46. The summed E-state index contributed by atoms with van der Waals surface area (Å²) in [4.78, 5) is 11.3. The van der Waals surface area contributed by atoms with E-state index in [1.54, 1.807) is 6.07 Å². The van der Waals surface area contributed by atoms with Crippen LogP contribution in [-0.2, 0) is 0 Å². The number of Topliss-reactive ketones (excluding diaryl/α,β-unsaturated/α-hetero) is 1. The van der Waals surface area contributed by atoms with Gasteiger partial charge in [0, 0.05) is 22.5 Å². The SMILES string of the molecule is CCCC(C)(C)Nc1ccc(C(C)=O)c(N)c1. The number of carbonyl (C=O) groups is 1. The monoisotopic (exact) mass is 234 g/mol. The van der Waals surface area contributed by atoms with Gasteiger partial charge in [-0.15, -0.1) is 0 Å². The number of nitrogen functional groups attached to an aromatic ring is 1. The zero-order valence-corrected chi connectivity index (χ0v) is 11.1. The van der Waals surface area contributed by atoms with Crippen molar-refractivity contribution in [2.45, 2.75) is 46.1 Å². The van der Waals surface area contributed by atoms with Gasteiger partial charge in [0.25, 0.3) is 0 Å². The van der Waals surface area contributed by atoms with Crippen LogP contribution in [0.3, 0.4) is 0 Å². The van der Waals surface area contributed by atoms with E-state index in [-0.39, 0.29) is 11.3 Å². The Labute approximate surface area is 103 Å². The molecule has 3 N–H and O–H groups in total. The van der Waals surface area contributed by atoms with Gasteiger partial charge in [-0.25, -0.2) is 0 Å². The average Bonchev–Trinajstić information content (AvgIpc) is 2.15. The van der Waals surface area contributed by atoms with Gasteiger partial charge in [-0.05, 0) is 45.4 Å². The Bertz CT molecular complexity index is 411. The molecule has 0 spiro atoms. The van der Waals surface area contributed by atoms with Gasteiger partial charge in [-0.2, -0.15) is 0 Å². The smallest absolute Gasteiger partial charge is 0.161 e. The molecule has 0 amide bonds. The maximum atomic E-state index is 11.3. The van der Waals surface area contributed by atoms with E-state index >= 15 is 0 Å². The number of anilines is 2. The maximum absolute atomic E-state index is 11.3. The van der Waals surface area contributed by atoms with Crippen molar-refractivity contribution in [1.82, 2.24) is 0 Å². The van der Waals surface area contributed by atoms with Crippen LogP contribution in [0, 0.1) is 0 Å². The molecule has 0 bridgehead atoms. The third-order valence-corrected chi connectivity index (χ3v) is 2.79. The topological polar surface area (TPSA) is 55.1 Å². The Morgan fingerprint density at radius 1 is 1.41 bits per heavy atom. The first kappa shape index (κ1) is 13.6. The first-order valence-corrected chi connectivity index (χ1v) is 6.04. The minimum atomic E-state index is 0.00173. The molecule has 17 heavy (non-hydrogen) atoms. The number of carbonyl (C=O) groups excluding carboxylic acids is 1. The summed E-state index contributed by atoms with van der Waals surface area (Å²) in [5.74, 6) is 0.00173. The average molecular weight is 234 g/mol. The molecule has 0 aliphatic heterocycles. The van der Waals surface area contributed by atoms with Crippen LogP contribution in [0.1, 0.15) is 50.9 Å². The molecule has 0 heterocycles. The number of benzene rings is 1. The fraction of sp³-hybridized carbons (Fsp3) is 0.500. The second kappa shape index (κ2) is 5.21. The van der Waals surface area contributed by atoms with Crippen LogP contribution in [0.25, 0.3) is 0 Å². The van der Waals surface area contributed by atoms with E-state index in [0.29, 0.717) is 11.3 Å². The van der Waals surface area contributed by atoms with Gasteiger partial charge in [-0.3, -0.25) is 4.79 Å². The highest BCUT2D eigenvalue weighted by atomic mass is 16.1. The third-order valence-electron chi connectivity index (χ3n) is 2.79. The van der Waals surface area contributed by atoms with E-state index in [1.165, 1.54) is 6.92 Å². The highest BCUT2D eigenvalue weighted by Gasteiger charge is 2.16. The molecule has 1 rings (SSSR count). The summed E-state index contributed by atoms with van der Waals surface area (Å²) < 4.78 is 0. The lowest BCUT2D eigenvalue weighted by atomic mass is 9.98. The van der Waals surface area contributed by atoms with Gasteiger partial charge in [0.1, 0.15) is 0 Å². The summed E-state index contributed by atoms with van der Waals surface area (Å²) in [6.45, 7) is 8.01. The van der Waals surface area contributed by atoms with Crippen LogP contribution in [0.4, 0.5) is 11.4 Å². The molecule has 3 nitrogen and oxygen atoms in total. The first-order valence-electron chi connectivity index (χ1n) is 6.04. The Morgan fingerprint density at radius 3 is 2.53 bits per heavy atom. The molecule has 0 aliphatic carbocycles. The zero-order valence-electron chi connectivity index (χ0n) is 11.1. The van der Waals surface area contributed by atoms with E-state index < -0.39 is 0 Å². The normalized spacial score (nSPS) is 11.3. The number of ketones is 1. The third kappa shape index (κ3) is 3.77. The van der Waals surface area contributed by atoms with Gasteiger partial charge >= 0.3 is 0 Å². The van der Waals surface area contributed by atoms with E-state index in [2.05, 4.69) is 26.1 Å². The molecule has 0 aromatic heterocycles. The fourth-order valence-electron chi connectivity index (χ4n) is 2.04. The molecule has 1 aromatic carbocycles. The Kier molecular flexibility index (Phi) is 4.16. The Hall–Kier alpha value is -1.51. The highest BCUT2D eigenvalue weighted by molar-refractivity contribution is 5.99. The number of rotatable bonds is 5. The Morgan fingerprint density at radius 2 is 2.06 bits per heavy atom. The minimum Gasteiger partial charge on any atom is -0.398 e. The molecule has 0 unspecified atom stereocenters. The van der Waals surface area contributed by atoms with E-state index in [1.807, 2.05) is 12.1 Å². The van der Waals surface area contributed by atoms with Crippen LogP contribution >= 0.6 is 0 Å². The Balaban J connectivity index is 2.88. The van der Waals surface area contributed by atoms with Crippen molar-refractivity contribution in [3.05, 3.63) is 23.8 Å². The molecule has 94 valence electrons. The van der Waals surface area contributed by atoms with E-state index in [9.17, 15) is 4.79 Å². The summed E-state index contributed by atoms with van der Waals surface area (Å²) >= 11 is 0. The van der Waals surface area contributed by atoms with E-state index in [4.69, 9.17) is 5.73 Å². The van der Waals surface area contributed by atoms with Crippen LogP contribution in [0.5, 0.6) is 0 Å². The van der Waals surface area contributed by atoms with Crippen molar-refractivity contribution in [2.75, 3.05) is 11.1 Å². The maximum Gasteiger partial charge on any atom is 0.161 e. The van der Waals surface area contributed by atoms with Crippen LogP contribution in [0.15, 0.2) is 18.2 Å². The van der Waals surface area contributed by atoms with Gasteiger partial charge in [0.15, 0.2) is 5.78 Å². The zero-order chi connectivity index (χ0) is 13.1. The standard InChI is InChI=1S/C14H22N2O/c1-5-8-14(3,4)16-11-6-7-12(10(2)17)13(15)9-11/h6-7,9,16H,5,8,15H2,1-4H3. The second-order valence-electron chi connectivity index (χ2n) is 5.12. The van der Waals surface area contributed by atoms with Crippen molar-refractivity contribution < 1.29 is 4.79 Å². The van der Waals surface area contributed by atoms with Crippen molar-refractivity contribution in [3.63, 3.8) is 0 Å². The molecule has 1 aromatic rings.